The van der Waals surface area contributed by atoms with Gasteiger partial charge in [0.15, 0.2) is 11.5 Å². The Morgan fingerprint density at radius 3 is 2.19 bits per heavy atom. The number of hydrogen-bond acceptors (Lipinski definition) is 6. The zero-order valence-corrected chi connectivity index (χ0v) is 17.1. The highest BCUT2D eigenvalue weighted by Gasteiger charge is 2.28. The third-order valence-corrected chi connectivity index (χ3v) is 5.33. The highest BCUT2D eigenvalue weighted by atomic mass is 16.5. The summed E-state index contributed by atoms with van der Waals surface area (Å²) in [4.78, 5) is 17.4. The van der Waals surface area contributed by atoms with Crippen LogP contribution in [0.3, 0.4) is 0 Å². The maximum absolute atomic E-state index is 12.9. The Labute approximate surface area is 178 Å². The molecule has 1 aliphatic rings. The number of nitrogens with zero attached hydrogens (tertiary/aromatic N) is 3. The second kappa shape index (κ2) is 7.60. The summed E-state index contributed by atoms with van der Waals surface area (Å²) in [6, 6.07) is 22.7. The van der Waals surface area contributed by atoms with E-state index < -0.39 is 0 Å². The third kappa shape index (κ3) is 3.30. The van der Waals surface area contributed by atoms with Gasteiger partial charge in [-0.05, 0) is 54.1 Å². The van der Waals surface area contributed by atoms with Gasteiger partial charge in [-0.25, -0.2) is 4.68 Å². The third-order valence-electron chi connectivity index (χ3n) is 5.33. The van der Waals surface area contributed by atoms with Crippen LogP contribution in [-0.2, 0) is 0 Å². The Hall–Kier alpha value is -4.13. The van der Waals surface area contributed by atoms with Gasteiger partial charge in [0.25, 0.3) is 5.56 Å². The van der Waals surface area contributed by atoms with Crippen molar-refractivity contribution >= 4 is 5.69 Å². The van der Waals surface area contributed by atoms with Crippen LogP contribution < -0.4 is 20.3 Å². The van der Waals surface area contributed by atoms with E-state index in [1.165, 1.54) is 0 Å². The molecule has 0 radical (unpaired) electrons. The summed E-state index contributed by atoms with van der Waals surface area (Å²) in [5, 5.41) is 8.27. The van der Waals surface area contributed by atoms with E-state index in [4.69, 9.17) is 14.6 Å². The Kier molecular flexibility index (Phi) is 4.63. The number of anilines is 1. The minimum atomic E-state index is -0.374. The van der Waals surface area contributed by atoms with Crippen molar-refractivity contribution in [3.63, 3.8) is 0 Å². The van der Waals surface area contributed by atoms with E-state index >= 15 is 0 Å². The molecule has 1 aliphatic heterocycles. The van der Waals surface area contributed by atoms with E-state index in [9.17, 15) is 4.79 Å². The summed E-state index contributed by atoms with van der Waals surface area (Å²) < 4.78 is 12.3. The van der Waals surface area contributed by atoms with Crippen molar-refractivity contribution in [2.45, 2.75) is 6.17 Å². The molecule has 2 heterocycles. The van der Waals surface area contributed by atoms with Gasteiger partial charge in [-0.1, -0.05) is 24.3 Å². The fourth-order valence-electron chi connectivity index (χ4n) is 3.72. The van der Waals surface area contributed by atoms with Gasteiger partial charge in [-0.3, -0.25) is 4.79 Å². The van der Waals surface area contributed by atoms with Gasteiger partial charge in [0, 0.05) is 16.8 Å². The summed E-state index contributed by atoms with van der Waals surface area (Å²) in [5.74, 6) is 2.00. The largest absolute Gasteiger partial charge is 0.497 e. The zero-order valence-electron chi connectivity index (χ0n) is 17.1. The molecule has 0 saturated heterocycles. The second-order valence-corrected chi connectivity index (χ2v) is 7.13. The lowest BCUT2D eigenvalue weighted by Gasteiger charge is -2.30. The van der Waals surface area contributed by atoms with Crippen molar-refractivity contribution in [3.05, 3.63) is 88.7 Å². The van der Waals surface area contributed by atoms with E-state index in [0.717, 1.165) is 22.6 Å². The van der Waals surface area contributed by atoms with Crippen LogP contribution >= 0.6 is 0 Å². The van der Waals surface area contributed by atoms with Crippen molar-refractivity contribution in [1.82, 2.24) is 14.8 Å². The molecule has 0 bridgehead atoms. The number of para-hydroxylation sites is 1. The smallest absolute Gasteiger partial charge is 0.300 e. The molecule has 7 heteroatoms. The molecule has 1 aromatic heterocycles. The summed E-state index contributed by atoms with van der Waals surface area (Å²) in [6.07, 6.45) is -0.332. The molecule has 31 heavy (non-hydrogen) atoms. The lowest BCUT2D eigenvalue weighted by Crippen LogP contribution is -2.32. The van der Waals surface area contributed by atoms with Crippen LogP contribution in [0.25, 0.3) is 22.6 Å². The predicted molar refractivity (Wildman–Crippen MR) is 118 cm³/mol. The van der Waals surface area contributed by atoms with Gasteiger partial charge in [-0.2, -0.15) is 10.1 Å². The minimum absolute atomic E-state index is 0.283. The summed E-state index contributed by atoms with van der Waals surface area (Å²) in [5.41, 5.74) is 3.29. The summed E-state index contributed by atoms with van der Waals surface area (Å²) in [6.45, 7) is 0. The Morgan fingerprint density at radius 2 is 1.52 bits per heavy atom. The van der Waals surface area contributed by atoms with E-state index in [-0.39, 0.29) is 17.4 Å². The van der Waals surface area contributed by atoms with E-state index in [0.29, 0.717) is 17.1 Å². The minimum Gasteiger partial charge on any atom is -0.497 e. The fourth-order valence-corrected chi connectivity index (χ4v) is 3.72. The van der Waals surface area contributed by atoms with Crippen molar-refractivity contribution in [2.24, 2.45) is 0 Å². The first-order valence-electron chi connectivity index (χ1n) is 9.83. The van der Waals surface area contributed by atoms with Crippen LogP contribution in [0.4, 0.5) is 5.69 Å². The lowest BCUT2D eigenvalue weighted by molar-refractivity contribution is 0.414. The lowest BCUT2D eigenvalue weighted by atomic mass is 10.1. The number of nitrogens with one attached hydrogen (secondary N) is 1. The van der Waals surface area contributed by atoms with Gasteiger partial charge in [0.05, 0.1) is 14.2 Å². The first-order valence-corrected chi connectivity index (χ1v) is 9.83. The number of ether oxygens (including phenoxy) is 2. The number of fused-ring (bicyclic) bond motifs is 3. The number of methoxy groups -OCH3 is 2. The monoisotopic (exact) mass is 412 g/mol. The number of benzene rings is 3. The predicted octanol–water partition coefficient (Wildman–Crippen LogP) is 3.96. The molecular formula is C24H20N4O3. The highest BCUT2D eigenvalue weighted by Crippen LogP contribution is 2.36. The highest BCUT2D eigenvalue weighted by molar-refractivity contribution is 5.76. The molecule has 0 amide bonds. The van der Waals surface area contributed by atoms with E-state index in [2.05, 4.69) is 10.3 Å². The molecule has 0 aliphatic carbocycles. The van der Waals surface area contributed by atoms with Crippen LogP contribution in [0.5, 0.6) is 11.5 Å². The molecule has 0 saturated carbocycles. The summed E-state index contributed by atoms with van der Waals surface area (Å²) in [7, 11) is 3.24. The average Bonchev–Trinajstić information content (AvgIpc) is 2.83. The molecule has 1 atom stereocenters. The van der Waals surface area contributed by atoms with Gasteiger partial charge in [0.1, 0.15) is 17.7 Å². The van der Waals surface area contributed by atoms with Crippen LogP contribution in [0, 0.1) is 0 Å². The van der Waals surface area contributed by atoms with Gasteiger partial charge < -0.3 is 14.8 Å². The Bertz CT molecular complexity index is 1300. The molecule has 3 aromatic carbocycles. The molecule has 154 valence electrons. The van der Waals surface area contributed by atoms with Gasteiger partial charge in [0.2, 0.25) is 0 Å². The molecule has 0 spiro atoms. The maximum Gasteiger partial charge on any atom is 0.300 e. The van der Waals surface area contributed by atoms with E-state index in [1.54, 1.807) is 31.0 Å². The SMILES string of the molecule is COc1ccc(-c2nn3c(nc2=O)-c2ccccc2N[C@@H]3c2ccc(OC)cc2)cc1. The molecule has 5 rings (SSSR count). The Morgan fingerprint density at radius 1 is 0.871 bits per heavy atom. The Balaban J connectivity index is 1.69. The molecule has 7 nitrogen and oxygen atoms in total. The van der Waals surface area contributed by atoms with Gasteiger partial charge >= 0.3 is 0 Å². The number of rotatable bonds is 4. The van der Waals surface area contributed by atoms with E-state index in [1.807, 2.05) is 60.7 Å². The van der Waals surface area contributed by atoms with Crippen molar-refractivity contribution < 1.29 is 9.47 Å². The summed E-state index contributed by atoms with van der Waals surface area (Å²) >= 11 is 0. The first kappa shape index (κ1) is 18.9. The van der Waals surface area contributed by atoms with Crippen molar-refractivity contribution in [1.29, 1.82) is 0 Å². The molecule has 4 aromatic rings. The van der Waals surface area contributed by atoms with Crippen LogP contribution in [0.2, 0.25) is 0 Å². The van der Waals surface area contributed by atoms with Crippen LogP contribution in [-0.4, -0.2) is 29.0 Å². The first-order chi connectivity index (χ1) is 15.2. The van der Waals surface area contributed by atoms with Crippen LogP contribution in [0.15, 0.2) is 77.6 Å². The van der Waals surface area contributed by atoms with Crippen molar-refractivity contribution in [2.75, 3.05) is 19.5 Å². The molecular weight excluding hydrogens is 392 g/mol. The number of aromatic nitrogens is 3. The van der Waals surface area contributed by atoms with Gasteiger partial charge in [-0.15, -0.1) is 0 Å². The molecule has 1 N–H and O–H groups in total. The zero-order chi connectivity index (χ0) is 21.4. The molecule has 0 fully saturated rings. The average molecular weight is 412 g/mol. The van der Waals surface area contributed by atoms with Crippen LogP contribution in [0.1, 0.15) is 11.7 Å². The second-order valence-electron chi connectivity index (χ2n) is 7.13. The molecule has 0 unspecified atom stereocenters. The quantitative estimate of drug-likeness (QED) is 0.547. The maximum atomic E-state index is 12.9. The number of hydrogen-bond donors (Lipinski definition) is 1. The topological polar surface area (TPSA) is 78.3 Å². The standard InChI is InChI=1S/C24H20N4O3/c1-30-17-11-7-15(8-12-17)21-24(29)26-23-19-5-3-4-6-20(19)25-22(28(23)27-21)16-9-13-18(31-2)14-10-16/h3-14,22,25H,1-2H3/t22-/m0/s1. The normalized spacial score (nSPS) is 14.2. The van der Waals surface area contributed by atoms with Crippen molar-refractivity contribution in [3.8, 4) is 34.1 Å². The fraction of sp³-hybridized carbons (Fsp3) is 0.125.